The van der Waals surface area contributed by atoms with Gasteiger partial charge < -0.3 is 17.2 Å². The molecule has 100 valence electrons. The molecule has 0 heterocycles. The van der Waals surface area contributed by atoms with Crippen molar-refractivity contribution in [3.05, 3.63) is 0 Å². The molecular formula is C14H29N3. The van der Waals surface area contributed by atoms with E-state index >= 15 is 0 Å². The molecule has 2 fully saturated rings. The van der Waals surface area contributed by atoms with Gasteiger partial charge in [-0.2, -0.15) is 0 Å². The molecule has 0 aliphatic heterocycles. The van der Waals surface area contributed by atoms with E-state index in [-0.39, 0.29) is 0 Å². The van der Waals surface area contributed by atoms with Crippen molar-refractivity contribution in [1.82, 2.24) is 0 Å². The van der Waals surface area contributed by atoms with Crippen LogP contribution in [0.3, 0.4) is 0 Å². The van der Waals surface area contributed by atoms with E-state index in [1.807, 2.05) is 0 Å². The fraction of sp³-hybridized carbons (Fsp3) is 1.00. The maximum Gasteiger partial charge on any atom is -0.00151 e. The molecule has 5 unspecified atom stereocenters. The van der Waals surface area contributed by atoms with Crippen LogP contribution >= 0.6 is 0 Å². The maximum atomic E-state index is 6.17. The van der Waals surface area contributed by atoms with Gasteiger partial charge in [0.1, 0.15) is 0 Å². The summed E-state index contributed by atoms with van der Waals surface area (Å²) in [4.78, 5) is 0. The van der Waals surface area contributed by atoms with E-state index in [0.717, 1.165) is 49.7 Å². The normalized spacial score (nSPS) is 44.5. The molecule has 0 spiro atoms. The summed E-state index contributed by atoms with van der Waals surface area (Å²) in [5, 5.41) is 0. The van der Waals surface area contributed by atoms with Gasteiger partial charge in [0.05, 0.1) is 0 Å². The Balaban J connectivity index is 2.13. The Bertz CT molecular complexity index is 256. The summed E-state index contributed by atoms with van der Waals surface area (Å²) >= 11 is 0. The van der Waals surface area contributed by atoms with E-state index in [2.05, 4.69) is 6.92 Å². The van der Waals surface area contributed by atoms with Gasteiger partial charge in [-0.1, -0.05) is 6.92 Å². The molecule has 0 amide bonds. The highest BCUT2D eigenvalue weighted by atomic mass is 14.7. The second-order valence-electron chi connectivity index (χ2n) is 6.29. The highest BCUT2D eigenvalue weighted by Gasteiger charge is 2.58. The highest BCUT2D eigenvalue weighted by molar-refractivity contribution is 5.08. The van der Waals surface area contributed by atoms with Crippen LogP contribution in [0.1, 0.15) is 39.0 Å². The Kier molecular flexibility index (Phi) is 4.11. The van der Waals surface area contributed by atoms with Crippen molar-refractivity contribution in [2.75, 3.05) is 19.6 Å². The summed E-state index contributed by atoms with van der Waals surface area (Å²) in [6.07, 6.45) is 6.34. The summed E-state index contributed by atoms with van der Waals surface area (Å²) in [6.45, 7) is 4.90. The van der Waals surface area contributed by atoms with Gasteiger partial charge >= 0.3 is 0 Å². The largest absolute Gasteiger partial charge is 0.330 e. The molecule has 17 heavy (non-hydrogen) atoms. The molecule has 0 aromatic carbocycles. The summed E-state index contributed by atoms with van der Waals surface area (Å²) in [7, 11) is 0. The fourth-order valence-electron chi connectivity index (χ4n) is 4.90. The van der Waals surface area contributed by atoms with Crippen LogP contribution in [-0.2, 0) is 0 Å². The van der Waals surface area contributed by atoms with E-state index < -0.39 is 0 Å². The minimum Gasteiger partial charge on any atom is -0.330 e. The van der Waals surface area contributed by atoms with Crippen molar-refractivity contribution < 1.29 is 0 Å². The highest BCUT2D eigenvalue weighted by Crippen LogP contribution is 2.63. The third kappa shape index (κ3) is 2.02. The number of nitrogens with two attached hydrogens (primary N) is 3. The van der Waals surface area contributed by atoms with Gasteiger partial charge in [-0.15, -0.1) is 0 Å². The molecule has 0 aromatic rings. The zero-order valence-corrected chi connectivity index (χ0v) is 11.2. The van der Waals surface area contributed by atoms with Crippen LogP contribution < -0.4 is 17.2 Å². The lowest BCUT2D eigenvalue weighted by atomic mass is 9.60. The molecule has 6 N–H and O–H groups in total. The van der Waals surface area contributed by atoms with Crippen molar-refractivity contribution in [3.63, 3.8) is 0 Å². The first kappa shape index (κ1) is 13.3. The van der Waals surface area contributed by atoms with Crippen molar-refractivity contribution in [1.29, 1.82) is 0 Å². The van der Waals surface area contributed by atoms with E-state index in [1.54, 1.807) is 0 Å². The third-order valence-electron chi connectivity index (χ3n) is 5.85. The molecule has 0 radical (unpaired) electrons. The molecule has 2 rings (SSSR count). The zero-order chi connectivity index (χ0) is 12.5. The topological polar surface area (TPSA) is 78.1 Å². The standard InChI is InChI=1S/C14H29N3/c1-10-12-7-11(3-6-16)13(8-12)14(10,9-17)4-2-5-15/h10-13H,2-9,15-17H2,1H3. The Labute approximate surface area is 105 Å². The molecule has 2 aliphatic rings. The van der Waals surface area contributed by atoms with Gasteiger partial charge in [-0.25, -0.2) is 0 Å². The van der Waals surface area contributed by atoms with Gasteiger partial charge in [-0.05, 0) is 80.8 Å². The van der Waals surface area contributed by atoms with Crippen LogP contribution in [-0.4, -0.2) is 19.6 Å². The lowest BCUT2D eigenvalue weighted by Gasteiger charge is -2.46. The van der Waals surface area contributed by atoms with Crippen LogP contribution in [0.15, 0.2) is 0 Å². The molecule has 2 bridgehead atoms. The van der Waals surface area contributed by atoms with E-state index in [1.165, 1.54) is 25.7 Å². The summed E-state index contributed by atoms with van der Waals surface area (Å²) < 4.78 is 0. The molecule has 2 aliphatic carbocycles. The van der Waals surface area contributed by atoms with Crippen molar-refractivity contribution in [3.8, 4) is 0 Å². The van der Waals surface area contributed by atoms with Crippen LogP contribution in [0.25, 0.3) is 0 Å². The molecule has 3 heteroatoms. The predicted octanol–water partition coefficient (Wildman–Crippen LogP) is 1.31. The average Bonchev–Trinajstić information content (AvgIpc) is 2.85. The van der Waals surface area contributed by atoms with Gasteiger partial charge in [0, 0.05) is 0 Å². The quantitative estimate of drug-likeness (QED) is 0.654. The first-order valence-corrected chi connectivity index (χ1v) is 7.29. The van der Waals surface area contributed by atoms with Crippen LogP contribution in [0, 0.1) is 29.1 Å². The number of fused-ring (bicyclic) bond motifs is 2. The molecule has 2 saturated carbocycles. The monoisotopic (exact) mass is 239 g/mol. The van der Waals surface area contributed by atoms with Crippen LogP contribution in [0.2, 0.25) is 0 Å². The predicted molar refractivity (Wildman–Crippen MR) is 72.3 cm³/mol. The summed E-state index contributed by atoms with van der Waals surface area (Å²) in [6, 6.07) is 0. The second kappa shape index (κ2) is 5.25. The Morgan fingerprint density at radius 1 is 1.12 bits per heavy atom. The lowest BCUT2D eigenvalue weighted by Crippen LogP contribution is -2.45. The third-order valence-corrected chi connectivity index (χ3v) is 5.85. The van der Waals surface area contributed by atoms with E-state index in [0.29, 0.717) is 5.41 Å². The smallest absolute Gasteiger partial charge is 0.00151 e. The van der Waals surface area contributed by atoms with Gasteiger partial charge in [0.2, 0.25) is 0 Å². The van der Waals surface area contributed by atoms with E-state index in [4.69, 9.17) is 17.2 Å². The summed E-state index contributed by atoms with van der Waals surface area (Å²) in [5.41, 5.74) is 18.0. The zero-order valence-electron chi connectivity index (χ0n) is 11.2. The number of rotatable bonds is 6. The van der Waals surface area contributed by atoms with Crippen molar-refractivity contribution in [2.24, 2.45) is 46.3 Å². The van der Waals surface area contributed by atoms with Crippen LogP contribution in [0.5, 0.6) is 0 Å². The molecule has 3 nitrogen and oxygen atoms in total. The minimum atomic E-state index is 0.377. The van der Waals surface area contributed by atoms with Gasteiger partial charge in [0.25, 0.3) is 0 Å². The second-order valence-corrected chi connectivity index (χ2v) is 6.29. The first-order valence-electron chi connectivity index (χ1n) is 7.29. The SMILES string of the molecule is CC1C2CC(CCN)C(C2)C1(CN)CCCN. The number of hydrogen-bond donors (Lipinski definition) is 3. The van der Waals surface area contributed by atoms with Crippen molar-refractivity contribution >= 4 is 0 Å². The van der Waals surface area contributed by atoms with Gasteiger partial charge in [-0.3, -0.25) is 0 Å². The lowest BCUT2D eigenvalue weighted by molar-refractivity contribution is 0.0446. The van der Waals surface area contributed by atoms with Crippen LogP contribution in [0.4, 0.5) is 0 Å². The van der Waals surface area contributed by atoms with E-state index in [9.17, 15) is 0 Å². The molecular weight excluding hydrogens is 210 g/mol. The molecule has 5 atom stereocenters. The van der Waals surface area contributed by atoms with Gasteiger partial charge in [0.15, 0.2) is 0 Å². The average molecular weight is 239 g/mol. The fourth-order valence-corrected chi connectivity index (χ4v) is 4.90. The molecule has 0 saturated heterocycles. The maximum absolute atomic E-state index is 6.17. The Morgan fingerprint density at radius 3 is 2.41 bits per heavy atom. The Hall–Kier alpha value is -0.120. The minimum absolute atomic E-state index is 0.377. The Morgan fingerprint density at radius 2 is 1.88 bits per heavy atom. The van der Waals surface area contributed by atoms with Crippen molar-refractivity contribution in [2.45, 2.75) is 39.0 Å². The first-order chi connectivity index (χ1) is 8.19. The molecule has 0 aromatic heterocycles. The number of hydrogen-bond acceptors (Lipinski definition) is 3. The summed E-state index contributed by atoms with van der Waals surface area (Å²) in [5.74, 6) is 3.35.